The maximum atomic E-state index is 12.2. The molecule has 0 aliphatic rings. The average Bonchev–Trinajstić information content (AvgIpc) is 2.89. The molecule has 4 aromatic rings. The van der Waals surface area contributed by atoms with Crippen LogP contribution in [0.2, 0.25) is 5.28 Å². The molecule has 0 atom stereocenters. The van der Waals surface area contributed by atoms with E-state index in [9.17, 15) is 43.7 Å². The number of hydrogen-bond acceptors (Lipinski definition) is 14. The first-order chi connectivity index (χ1) is 21.2. The van der Waals surface area contributed by atoms with Crippen LogP contribution >= 0.6 is 11.6 Å². The van der Waals surface area contributed by atoms with Gasteiger partial charge in [0.05, 0.1) is 16.7 Å². The molecule has 49 heavy (non-hydrogen) atoms. The van der Waals surface area contributed by atoms with Crippen molar-refractivity contribution in [2.24, 2.45) is 16.0 Å². The minimum atomic E-state index is -5.17. The Morgan fingerprint density at radius 2 is 1.45 bits per heavy atom. The van der Waals surface area contributed by atoms with Crippen molar-refractivity contribution in [1.29, 1.82) is 0 Å². The monoisotopic (exact) mass is 785 g/mol. The van der Waals surface area contributed by atoms with E-state index in [0.29, 0.717) is 18.2 Å². The predicted molar refractivity (Wildman–Crippen MR) is 178 cm³/mol. The number of halogens is 1. The summed E-state index contributed by atoms with van der Waals surface area (Å²) in [6.45, 7) is 3.48. The molecule has 3 aromatic carbocycles. The summed E-state index contributed by atoms with van der Waals surface area (Å²) in [5.74, 6) is -0.0456. The molecule has 0 aliphatic carbocycles. The number of carbonyl (C=O) groups is 1. The number of aromatic nitrogens is 3. The van der Waals surface area contributed by atoms with E-state index in [1.165, 1.54) is 18.2 Å². The summed E-state index contributed by atoms with van der Waals surface area (Å²) in [5, 5.41) is 11.7. The van der Waals surface area contributed by atoms with Gasteiger partial charge in [0.25, 0.3) is 30.4 Å². The molecular weight excluding hydrogens is 765 g/mol. The fraction of sp³-hybridized carbons (Fsp3) is 0.130. The molecule has 0 bridgehead atoms. The van der Waals surface area contributed by atoms with Gasteiger partial charge in [-0.15, -0.1) is 10.2 Å². The van der Waals surface area contributed by atoms with Crippen LogP contribution in [0.5, 0.6) is 6.01 Å². The Morgan fingerprint density at radius 3 is 2.00 bits per heavy atom. The van der Waals surface area contributed by atoms with Gasteiger partial charge in [0, 0.05) is 99.7 Å². The third kappa shape index (κ3) is 12.3. The number of urea groups is 1. The van der Waals surface area contributed by atoms with Crippen LogP contribution in [0.1, 0.15) is 13.8 Å². The first kappa shape index (κ1) is 45.4. The van der Waals surface area contributed by atoms with Crippen molar-refractivity contribution in [2.45, 2.75) is 34.6 Å². The van der Waals surface area contributed by atoms with Crippen molar-refractivity contribution < 1.29 is 48.4 Å². The van der Waals surface area contributed by atoms with E-state index in [0.717, 1.165) is 6.07 Å². The standard InChI is InChI=1S/C23H21ClN8O11S3.3Na/c1-10(2)43-23-29-20(24)28-22(30-23)26-12-3-4-15(16(7-12)27-21(25)33)31-32-17-9-14-11(6-19(17)46(40,41)42)5-13(44(34,35)36)8-18(14)45(37,38)39;;;/h3-10H,1-2H3,(H3,25,27,33)(H,34,35,36)(H,37,38,39)(H,40,41,42)(H,26,28,29,30);;;. The number of ether oxygens (including phenoxy) is 1. The zero-order valence-electron chi connectivity index (χ0n) is 26.1. The second-order valence-corrected chi connectivity index (χ2v) is 13.9. The van der Waals surface area contributed by atoms with Crippen molar-refractivity contribution in [3.05, 3.63) is 47.7 Å². The van der Waals surface area contributed by atoms with Crippen LogP contribution in [0.4, 0.5) is 33.5 Å². The van der Waals surface area contributed by atoms with E-state index in [-0.39, 0.29) is 129 Å². The van der Waals surface area contributed by atoms with E-state index < -0.39 is 67.5 Å². The molecule has 4 rings (SSSR count). The second-order valence-electron chi connectivity index (χ2n) is 9.31. The average molecular weight is 786 g/mol. The fourth-order valence-electron chi connectivity index (χ4n) is 3.79. The molecule has 0 saturated carbocycles. The van der Waals surface area contributed by atoms with Crippen molar-refractivity contribution in [1.82, 2.24) is 15.0 Å². The van der Waals surface area contributed by atoms with Crippen molar-refractivity contribution >= 4 is 176 Å². The van der Waals surface area contributed by atoms with Gasteiger partial charge < -0.3 is 21.1 Å². The number of hydrogen-bond donors (Lipinski definition) is 6. The zero-order valence-corrected chi connectivity index (χ0v) is 35.3. The Bertz CT molecular complexity index is 2270. The van der Waals surface area contributed by atoms with Gasteiger partial charge in [-0.1, -0.05) is 0 Å². The Kier molecular flexibility index (Phi) is 16.5. The molecule has 7 N–H and O–H groups in total. The van der Waals surface area contributed by atoms with E-state index >= 15 is 0 Å². The van der Waals surface area contributed by atoms with E-state index in [1.807, 2.05) is 0 Å². The van der Waals surface area contributed by atoms with Crippen LogP contribution in [-0.2, 0) is 30.4 Å². The molecule has 0 unspecified atom stereocenters. The molecule has 1 aromatic heterocycles. The Morgan fingerprint density at radius 1 is 0.837 bits per heavy atom. The molecule has 2 amide bonds. The molecular formula is C23H21ClN8Na3O11S3. The zero-order chi connectivity index (χ0) is 34.2. The summed E-state index contributed by atoms with van der Waals surface area (Å²) in [6, 6.07) is 5.42. The first-order valence-corrected chi connectivity index (χ1v) is 16.9. The van der Waals surface area contributed by atoms with Crippen LogP contribution in [0.15, 0.2) is 67.4 Å². The number of nitrogens with zero attached hydrogens (tertiary/aromatic N) is 5. The van der Waals surface area contributed by atoms with Crippen LogP contribution in [0.25, 0.3) is 10.8 Å². The first-order valence-electron chi connectivity index (χ1n) is 12.2. The van der Waals surface area contributed by atoms with Crippen molar-refractivity contribution in [3.8, 4) is 6.01 Å². The van der Waals surface area contributed by atoms with Gasteiger partial charge in [0.15, 0.2) is 0 Å². The number of benzene rings is 3. The SMILES string of the molecule is CC(C)Oc1nc(Cl)nc(Nc2ccc(N=Nc3cc4c(S(=O)(=O)O)cc(S(=O)(=O)O)cc4cc3S(=O)(=O)O)c(NC(N)=O)c2)n1.[Na].[Na].[Na]. The maximum absolute atomic E-state index is 12.2. The molecule has 0 fully saturated rings. The fourth-order valence-corrected chi connectivity index (χ4v) is 5.93. The Balaban J connectivity index is 0.00000400. The number of rotatable bonds is 10. The van der Waals surface area contributed by atoms with Crippen molar-refractivity contribution in [3.63, 3.8) is 0 Å². The van der Waals surface area contributed by atoms with Crippen molar-refractivity contribution in [2.75, 3.05) is 10.6 Å². The molecule has 19 nitrogen and oxygen atoms in total. The summed E-state index contributed by atoms with van der Waals surface area (Å²) in [5.41, 5.74) is 4.61. The summed E-state index contributed by atoms with van der Waals surface area (Å²) in [4.78, 5) is 20.6. The van der Waals surface area contributed by atoms with Crippen LogP contribution < -0.4 is 21.1 Å². The molecule has 247 valence electrons. The Hall–Kier alpha value is -1.58. The second kappa shape index (κ2) is 17.8. The normalized spacial score (nSPS) is 11.7. The summed E-state index contributed by atoms with van der Waals surface area (Å²) >= 11 is 5.94. The van der Waals surface area contributed by atoms with Gasteiger partial charge in [-0.3, -0.25) is 13.7 Å². The topological polar surface area (TPSA) is 303 Å². The van der Waals surface area contributed by atoms with Crippen LogP contribution in [0.3, 0.4) is 0 Å². The smallest absolute Gasteiger partial charge is 0.322 e. The number of nitrogens with two attached hydrogens (primary N) is 1. The summed E-state index contributed by atoms with van der Waals surface area (Å²) in [7, 11) is -15.3. The van der Waals surface area contributed by atoms with Gasteiger partial charge >= 0.3 is 12.0 Å². The van der Waals surface area contributed by atoms with Crippen LogP contribution in [0, 0.1) is 0 Å². The third-order valence-electron chi connectivity index (χ3n) is 5.53. The number of carbonyl (C=O) groups excluding carboxylic acids is 1. The number of azo groups is 1. The predicted octanol–water partition coefficient (Wildman–Crippen LogP) is 2.71. The van der Waals surface area contributed by atoms with E-state index in [4.69, 9.17) is 22.1 Å². The summed E-state index contributed by atoms with van der Waals surface area (Å²) in [6.07, 6.45) is -0.278. The number of nitrogens with one attached hydrogen (secondary N) is 2. The number of anilines is 3. The molecule has 26 heteroatoms. The largest absolute Gasteiger partial charge is 0.461 e. The van der Waals surface area contributed by atoms with Crippen LogP contribution in [-0.4, -0.2) is 155 Å². The quantitative estimate of drug-likeness (QED) is 0.0765. The van der Waals surface area contributed by atoms with Gasteiger partial charge in [-0.05, 0) is 73.3 Å². The molecule has 0 spiro atoms. The van der Waals surface area contributed by atoms with Gasteiger partial charge in [-0.25, -0.2) is 4.79 Å². The maximum Gasteiger partial charge on any atom is 0.322 e. The number of primary amides is 1. The van der Waals surface area contributed by atoms with Gasteiger partial charge in [0.2, 0.25) is 11.2 Å². The number of amides is 2. The Labute approximate surface area is 350 Å². The molecule has 0 aliphatic heterocycles. The summed E-state index contributed by atoms with van der Waals surface area (Å²) < 4.78 is 106. The van der Waals surface area contributed by atoms with E-state index in [1.54, 1.807) is 13.8 Å². The van der Waals surface area contributed by atoms with Gasteiger partial charge in [-0.2, -0.15) is 40.2 Å². The third-order valence-corrected chi connectivity index (χ3v) is 8.30. The molecule has 0 saturated heterocycles. The van der Waals surface area contributed by atoms with E-state index in [2.05, 4.69) is 35.8 Å². The molecule has 3 radical (unpaired) electrons. The number of fused-ring (bicyclic) bond motifs is 1. The van der Waals surface area contributed by atoms with Gasteiger partial charge in [0.1, 0.15) is 21.2 Å². The minimum Gasteiger partial charge on any atom is -0.461 e. The molecule has 1 heterocycles. The minimum absolute atomic E-state index is 0.